The van der Waals surface area contributed by atoms with Crippen molar-refractivity contribution in [2.75, 3.05) is 0 Å². The molecule has 4 aromatic rings. The van der Waals surface area contributed by atoms with Crippen LogP contribution in [0.2, 0.25) is 0 Å². The van der Waals surface area contributed by atoms with Crippen LogP contribution in [0.25, 0.3) is 33.8 Å². The van der Waals surface area contributed by atoms with Crippen molar-refractivity contribution in [3.8, 4) is 17.3 Å². The Bertz CT molecular complexity index is 1420. The van der Waals surface area contributed by atoms with Crippen molar-refractivity contribution < 1.29 is 13.2 Å². The minimum absolute atomic E-state index is 0.119. The van der Waals surface area contributed by atoms with Crippen LogP contribution in [0.4, 0.5) is 13.2 Å². The molecule has 1 N–H and O–H groups in total. The predicted octanol–water partition coefficient (Wildman–Crippen LogP) is 5.01. The van der Waals surface area contributed by atoms with Crippen molar-refractivity contribution in [1.82, 2.24) is 14.5 Å². The number of rotatable bonds is 3. The van der Waals surface area contributed by atoms with Gasteiger partial charge in [-0.15, -0.1) is 0 Å². The number of nitrogens with zero attached hydrogens (tertiary/aromatic N) is 3. The Morgan fingerprint density at radius 3 is 2.65 bits per heavy atom. The first-order chi connectivity index (χ1) is 14.8. The molecule has 5 nitrogen and oxygen atoms in total. The van der Waals surface area contributed by atoms with Gasteiger partial charge in [-0.05, 0) is 48.0 Å². The number of alkyl halides is 3. The van der Waals surface area contributed by atoms with Crippen LogP contribution in [0.3, 0.4) is 0 Å². The standard InChI is InChI=1S/C23H15F3N4O/c1-30-17(9-10-20(30)14-5-4-6-16(11-14)23(24,25)26)12-15(13-27)21-28-19-8-3-2-7-18(19)22(31)29-21/h2-12H,1H3,(H,28,29,31). The summed E-state index contributed by atoms with van der Waals surface area (Å²) in [4.78, 5) is 19.3. The van der Waals surface area contributed by atoms with Gasteiger partial charge in [0, 0.05) is 18.4 Å². The fourth-order valence-corrected chi connectivity index (χ4v) is 3.33. The quantitative estimate of drug-likeness (QED) is 0.474. The van der Waals surface area contributed by atoms with Crippen LogP contribution in [0.5, 0.6) is 0 Å². The normalized spacial score (nSPS) is 12.2. The summed E-state index contributed by atoms with van der Waals surface area (Å²) >= 11 is 0. The molecule has 0 amide bonds. The number of para-hydroxylation sites is 1. The van der Waals surface area contributed by atoms with E-state index in [-0.39, 0.29) is 17.0 Å². The molecular weight excluding hydrogens is 405 g/mol. The van der Waals surface area contributed by atoms with Crippen LogP contribution in [-0.2, 0) is 13.2 Å². The lowest BCUT2D eigenvalue weighted by Crippen LogP contribution is -2.11. The van der Waals surface area contributed by atoms with E-state index in [0.29, 0.717) is 27.9 Å². The molecule has 0 bridgehead atoms. The van der Waals surface area contributed by atoms with E-state index >= 15 is 0 Å². The van der Waals surface area contributed by atoms with E-state index in [1.165, 1.54) is 12.1 Å². The second-order valence-electron chi connectivity index (χ2n) is 6.88. The minimum Gasteiger partial charge on any atom is -0.344 e. The molecule has 2 heterocycles. The average Bonchev–Trinajstić information content (AvgIpc) is 3.11. The minimum atomic E-state index is -4.44. The third-order valence-corrected chi connectivity index (χ3v) is 4.93. The van der Waals surface area contributed by atoms with Crippen molar-refractivity contribution in [3.05, 3.63) is 88.1 Å². The number of hydrogen-bond donors (Lipinski definition) is 1. The highest BCUT2D eigenvalue weighted by Gasteiger charge is 2.30. The lowest BCUT2D eigenvalue weighted by Gasteiger charge is -2.10. The zero-order chi connectivity index (χ0) is 22.2. The van der Waals surface area contributed by atoms with E-state index in [9.17, 15) is 23.2 Å². The highest BCUT2D eigenvalue weighted by atomic mass is 19.4. The van der Waals surface area contributed by atoms with Crippen LogP contribution >= 0.6 is 0 Å². The molecule has 0 aliphatic carbocycles. The summed E-state index contributed by atoms with van der Waals surface area (Å²) in [5.41, 5.74) is 0.998. The molecule has 0 aliphatic rings. The van der Waals surface area contributed by atoms with Gasteiger partial charge < -0.3 is 9.55 Å². The van der Waals surface area contributed by atoms with Gasteiger partial charge in [-0.2, -0.15) is 18.4 Å². The summed E-state index contributed by atoms with van der Waals surface area (Å²) in [6.45, 7) is 0. The van der Waals surface area contributed by atoms with E-state index in [4.69, 9.17) is 0 Å². The highest BCUT2D eigenvalue weighted by molar-refractivity contribution is 5.89. The van der Waals surface area contributed by atoms with E-state index in [1.54, 1.807) is 54.1 Å². The monoisotopic (exact) mass is 420 g/mol. The molecule has 0 spiro atoms. The van der Waals surface area contributed by atoms with Gasteiger partial charge in [0.2, 0.25) is 0 Å². The molecule has 8 heteroatoms. The number of hydrogen-bond acceptors (Lipinski definition) is 3. The van der Waals surface area contributed by atoms with E-state index in [0.717, 1.165) is 12.1 Å². The molecule has 0 fully saturated rings. The zero-order valence-electron chi connectivity index (χ0n) is 16.2. The third-order valence-electron chi connectivity index (χ3n) is 4.93. The van der Waals surface area contributed by atoms with E-state index in [1.807, 2.05) is 6.07 Å². The molecule has 31 heavy (non-hydrogen) atoms. The van der Waals surface area contributed by atoms with E-state index in [2.05, 4.69) is 9.97 Å². The molecule has 4 rings (SSSR count). The molecular formula is C23H15F3N4O. The van der Waals surface area contributed by atoms with Crippen LogP contribution in [0.1, 0.15) is 17.1 Å². The lowest BCUT2D eigenvalue weighted by molar-refractivity contribution is -0.137. The molecule has 0 unspecified atom stereocenters. The number of nitriles is 1. The Morgan fingerprint density at radius 2 is 1.90 bits per heavy atom. The topological polar surface area (TPSA) is 74.5 Å². The van der Waals surface area contributed by atoms with Gasteiger partial charge in [0.15, 0.2) is 5.82 Å². The molecule has 0 saturated carbocycles. The van der Waals surface area contributed by atoms with Crippen LogP contribution in [0, 0.1) is 11.3 Å². The lowest BCUT2D eigenvalue weighted by atomic mass is 10.1. The Balaban J connectivity index is 1.77. The van der Waals surface area contributed by atoms with Crippen LogP contribution in [0.15, 0.2) is 65.5 Å². The SMILES string of the molecule is Cn1c(C=C(C#N)c2nc3ccccc3c(=O)[nH]2)ccc1-c1cccc(C(F)(F)F)c1. The molecule has 0 atom stereocenters. The van der Waals surface area contributed by atoms with E-state index < -0.39 is 11.7 Å². The summed E-state index contributed by atoms with van der Waals surface area (Å²) in [5.74, 6) is 0.119. The van der Waals surface area contributed by atoms with Gasteiger partial charge in [0.05, 0.1) is 22.0 Å². The zero-order valence-corrected chi connectivity index (χ0v) is 16.2. The summed E-state index contributed by atoms with van der Waals surface area (Å²) < 4.78 is 40.8. The van der Waals surface area contributed by atoms with Crippen molar-refractivity contribution in [3.63, 3.8) is 0 Å². The maximum atomic E-state index is 13.1. The first-order valence-electron chi connectivity index (χ1n) is 9.22. The summed E-state index contributed by atoms with van der Waals surface area (Å²) in [6.07, 6.45) is -2.91. The van der Waals surface area contributed by atoms with Crippen LogP contribution < -0.4 is 5.56 Å². The summed E-state index contributed by atoms with van der Waals surface area (Å²) in [5, 5.41) is 10.0. The van der Waals surface area contributed by atoms with Gasteiger partial charge in [-0.1, -0.05) is 24.3 Å². The Labute approximate surface area is 174 Å². The van der Waals surface area contributed by atoms with Gasteiger partial charge in [0.25, 0.3) is 5.56 Å². The Morgan fingerprint density at radius 1 is 1.13 bits per heavy atom. The average molecular weight is 420 g/mol. The van der Waals surface area contributed by atoms with Gasteiger partial charge >= 0.3 is 6.18 Å². The summed E-state index contributed by atoms with van der Waals surface area (Å²) in [6, 6.07) is 17.2. The number of aromatic amines is 1. The molecule has 0 radical (unpaired) electrons. The maximum Gasteiger partial charge on any atom is 0.416 e. The smallest absolute Gasteiger partial charge is 0.344 e. The first-order valence-corrected chi connectivity index (χ1v) is 9.22. The fraction of sp³-hybridized carbons (Fsp3) is 0.0870. The van der Waals surface area contributed by atoms with Gasteiger partial charge in [-0.3, -0.25) is 4.79 Å². The molecule has 2 aromatic carbocycles. The van der Waals surface area contributed by atoms with Crippen LogP contribution in [-0.4, -0.2) is 14.5 Å². The van der Waals surface area contributed by atoms with Crippen molar-refractivity contribution in [2.45, 2.75) is 6.18 Å². The summed E-state index contributed by atoms with van der Waals surface area (Å²) in [7, 11) is 1.69. The molecule has 0 saturated heterocycles. The Kier molecular flexibility index (Phi) is 4.95. The highest BCUT2D eigenvalue weighted by Crippen LogP contribution is 2.32. The largest absolute Gasteiger partial charge is 0.416 e. The maximum absolute atomic E-state index is 13.1. The predicted molar refractivity (Wildman–Crippen MR) is 112 cm³/mol. The van der Waals surface area contributed by atoms with Crippen molar-refractivity contribution >= 4 is 22.6 Å². The number of fused-ring (bicyclic) bond motifs is 1. The molecule has 2 aromatic heterocycles. The molecule has 0 aliphatic heterocycles. The number of halogens is 3. The number of nitrogens with one attached hydrogen (secondary N) is 1. The number of benzene rings is 2. The van der Waals surface area contributed by atoms with Gasteiger partial charge in [-0.25, -0.2) is 4.98 Å². The second-order valence-corrected chi connectivity index (χ2v) is 6.88. The Hall–Kier alpha value is -4.12. The number of aromatic nitrogens is 3. The van der Waals surface area contributed by atoms with Crippen molar-refractivity contribution in [1.29, 1.82) is 5.26 Å². The fourth-order valence-electron chi connectivity index (χ4n) is 3.33. The van der Waals surface area contributed by atoms with Crippen molar-refractivity contribution in [2.24, 2.45) is 7.05 Å². The molecule has 154 valence electrons. The van der Waals surface area contributed by atoms with Gasteiger partial charge in [0.1, 0.15) is 6.07 Å². The second kappa shape index (κ2) is 7.61. The first kappa shape index (κ1) is 20.2. The third kappa shape index (κ3) is 3.85. The number of allylic oxidation sites excluding steroid dienone is 1. The number of H-pyrrole nitrogens is 1.